The summed E-state index contributed by atoms with van der Waals surface area (Å²) in [4.78, 5) is 0. The number of ether oxygens (including phenoxy) is 1. The molecule has 0 amide bonds. The van der Waals surface area contributed by atoms with Gasteiger partial charge in [-0.3, -0.25) is 0 Å². The Labute approximate surface area is 323 Å². The standard InChI is InChI=1S/C50H68N2O/c1-3-5-37-7-15-41(16-8-37)43-23-27-47(28-24-43)49(45-19-11-39(35-51)12-20-45)31-33-53-34-32-50(46-21-13-40(36-52)14-22-46)48-29-25-44(26-30-48)42-17-9-38(6-4-2)10-18-42/h11-14,19-22,31-32,37-38,41-44,47-48H,3-10,15-18,23-30,33-34H2,1-2H3. The average Bonchev–Trinajstić information content (AvgIpc) is 3.22. The van der Waals surface area contributed by atoms with Crippen LogP contribution in [0.4, 0.5) is 0 Å². The molecule has 4 aliphatic carbocycles. The predicted molar refractivity (Wildman–Crippen MR) is 221 cm³/mol. The molecule has 4 aliphatic rings. The Hall–Kier alpha value is -3.14. The first-order valence-electron chi connectivity index (χ1n) is 22.1. The fourth-order valence-corrected chi connectivity index (χ4v) is 11.4. The van der Waals surface area contributed by atoms with E-state index in [-0.39, 0.29) is 0 Å². The summed E-state index contributed by atoms with van der Waals surface area (Å²) >= 11 is 0. The molecule has 53 heavy (non-hydrogen) atoms. The lowest BCUT2D eigenvalue weighted by atomic mass is 9.67. The summed E-state index contributed by atoms with van der Waals surface area (Å²) in [6.45, 7) is 5.88. The summed E-state index contributed by atoms with van der Waals surface area (Å²) in [6.07, 6.45) is 32.3. The Balaban J connectivity index is 1.08. The number of allylic oxidation sites excluding steroid dienone is 2. The lowest BCUT2D eigenvalue weighted by molar-refractivity contribution is 0.153. The molecule has 0 N–H and O–H groups in total. The summed E-state index contributed by atoms with van der Waals surface area (Å²) in [5.74, 6) is 6.74. The molecule has 0 heterocycles. The van der Waals surface area contributed by atoms with Crippen LogP contribution in [0.3, 0.4) is 0 Å². The van der Waals surface area contributed by atoms with Crippen molar-refractivity contribution in [3.05, 3.63) is 82.9 Å². The first kappa shape index (κ1) is 39.6. The fraction of sp³-hybridized carbons (Fsp3) is 0.640. The first-order chi connectivity index (χ1) is 26.1. The second kappa shape index (κ2) is 20.5. The van der Waals surface area contributed by atoms with Crippen molar-refractivity contribution in [2.75, 3.05) is 13.2 Å². The summed E-state index contributed by atoms with van der Waals surface area (Å²) in [5, 5.41) is 18.9. The summed E-state index contributed by atoms with van der Waals surface area (Å²) in [5.41, 5.74) is 6.78. The second-order valence-electron chi connectivity index (χ2n) is 17.6. The zero-order valence-electron chi connectivity index (χ0n) is 33.3. The number of benzene rings is 2. The zero-order chi connectivity index (χ0) is 36.8. The molecule has 0 aromatic heterocycles. The highest BCUT2D eigenvalue weighted by Gasteiger charge is 2.33. The van der Waals surface area contributed by atoms with Crippen LogP contribution >= 0.6 is 0 Å². The normalized spacial score (nSPS) is 30.0. The van der Waals surface area contributed by atoms with Gasteiger partial charge < -0.3 is 4.74 Å². The predicted octanol–water partition coefficient (Wildman–Crippen LogP) is 13.7. The first-order valence-corrected chi connectivity index (χ1v) is 22.1. The Morgan fingerprint density at radius 2 is 0.830 bits per heavy atom. The molecule has 284 valence electrons. The van der Waals surface area contributed by atoms with Crippen LogP contribution in [0.5, 0.6) is 0 Å². The van der Waals surface area contributed by atoms with Gasteiger partial charge in [-0.1, -0.05) is 102 Å². The Bertz CT molecular complexity index is 1400. The number of nitrogens with zero attached hydrogens (tertiary/aromatic N) is 2. The van der Waals surface area contributed by atoms with Crippen molar-refractivity contribution in [3.63, 3.8) is 0 Å². The van der Waals surface area contributed by atoms with Crippen LogP contribution in [0, 0.1) is 70.0 Å². The third kappa shape index (κ3) is 11.0. The SMILES string of the molecule is CCCC1CCC(C2CCC(C(=CCOCC=C(c3ccc(C#N)cc3)C3CCC(C4CCC(CCC)CC4)CC3)c3ccc(C#N)cc3)CC2)CC1. The van der Waals surface area contributed by atoms with Gasteiger partial charge in [0.25, 0.3) is 0 Å². The minimum Gasteiger partial charge on any atom is -0.373 e. The van der Waals surface area contributed by atoms with E-state index in [2.05, 4.69) is 62.4 Å². The molecule has 0 radical (unpaired) electrons. The molecular formula is C50H68N2O. The molecule has 0 atom stereocenters. The highest BCUT2D eigenvalue weighted by atomic mass is 16.5. The van der Waals surface area contributed by atoms with Gasteiger partial charge in [0, 0.05) is 0 Å². The van der Waals surface area contributed by atoms with Crippen molar-refractivity contribution in [2.45, 2.75) is 142 Å². The van der Waals surface area contributed by atoms with E-state index < -0.39 is 0 Å². The molecule has 0 bridgehead atoms. The smallest absolute Gasteiger partial charge is 0.0991 e. The lowest BCUT2D eigenvalue weighted by Gasteiger charge is -2.38. The van der Waals surface area contributed by atoms with Crippen LogP contribution < -0.4 is 0 Å². The van der Waals surface area contributed by atoms with Gasteiger partial charge >= 0.3 is 0 Å². The van der Waals surface area contributed by atoms with Crippen LogP contribution in [0.25, 0.3) is 11.1 Å². The Morgan fingerprint density at radius 3 is 1.13 bits per heavy atom. The largest absolute Gasteiger partial charge is 0.373 e. The van der Waals surface area contributed by atoms with Gasteiger partial charge in [-0.05, 0) is 171 Å². The van der Waals surface area contributed by atoms with Gasteiger partial charge in [-0.25, -0.2) is 0 Å². The molecule has 0 saturated heterocycles. The second-order valence-corrected chi connectivity index (χ2v) is 17.6. The fourth-order valence-electron chi connectivity index (χ4n) is 11.4. The highest BCUT2D eigenvalue weighted by Crippen LogP contribution is 2.46. The van der Waals surface area contributed by atoms with Crippen molar-refractivity contribution >= 4 is 11.1 Å². The topological polar surface area (TPSA) is 56.8 Å². The van der Waals surface area contributed by atoms with Crippen molar-refractivity contribution in [3.8, 4) is 12.1 Å². The molecule has 2 aromatic carbocycles. The van der Waals surface area contributed by atoms with E-state index in [1.807, 2.05) is 24.3 Å². The van der Waals surface area contributed by atoms with Crippen molar-refractivity contribution in [1.29, 1.82) is 10.5 Å². The third-order valence-electron chi connectivity index (χ3n) is 14.5. The molecule has 4 saturated carbocycles. The van der Waals surface area contributed by atoms with Crippen LogP contribution in [-0.2, 0) is 4.74 Å². The van der Waals surface area contributed by atoms with Crippen molar-refractivity contribution in [2.24, 2.45) is 47.3 Å². The Kier molecular flexibility index (Phi) is 15.3. The molecule has 3 heteroatoms. The number of rotatable bonds is 14. The maximum atomic E-state index is 9.46. The zero-order valence-corrected chi connectivity index (χ0v) is 33.3. The number of hydrogen-bond acceptors (Lipinski definition) is 3. The Morgan fingerprint density at radius 1 is 0.509 bits per heavy atom. The van der Waals surface area contributed by atoms with Gasteiger partial charge in [0.1, 0.15) is 0 Å². The maximum absolute atomic E-state index is 9.46. The molecular weight excluding hydrogens is 645 g/mol. The van der Waals surface area contributed by atoms with Crippen molar-refractivity contribution in [1.82, 2.24) is 0 Å². The van der Waals surface area contributed by atoms with Crippen LogP contribution in [0.2, 0.25) is 0 Å². The van der Waals surface area contributed by atoms with Crippen LogP contribution in [0.15, 0.2) is 60.7 Å². The molecule has 3 nitrogen and oxygen atoms in total. The van der Waals surface area contributed by atoms with E-state index in [1.54, 1.807) is 0 Å². The maximum Gasteiger partial charge on any atom is 0.0991 e. The number of nitriles is 2. The van der Waals surface area contributed by atoms with Crippen LogP contribution in [0.1, 0.15) is 165 Å². The van der Waals surface area contributed by atoms with Gasteiger partial charge in [0.15, 0.2) is 0 Å². The van der Waals surface area contributed by atoms with E-state index in [9.17, 15) is 10.5 Å². The third-order valence-corrected chi connectivity index (χ3v) is 14.5. The quantitative estimate of drug-likeness (QED) is 0.183. The molecule has 0 unspecified atom stereocenters. The molecule has 2 aromatic rings. The average molecular weight is 713 g/mol. The van der Waals surface area contributed by atoms with Gasteiger partial charge in [-0.15, -0.1) is 0 Å². The van der Waals surface area contributed by atoms with Gasteiger partial charge in [0.2, 0.25) is 0 Å². The summed E-state index contributed by atoms with van der Waals surface area (Å²) in [7, 11) is 0. The molecule has 0 spiro atoms. The summed E-state index contributed by atoms with van der Waals surface area (Å²) in [6, 6.07) is 21.1. The molecule has 4 fully saturated rings. The van der Waals surface area contributed by atoms with E-state index in [4.69, 9.17) is 4.74 Å². The van der Waals surface area contributed by atoms with E-state index >= 15 is 0 Å². The van der Waals surface area contributed by atoms with Crippen LogP contribution in [-0.4, -0.2) is 13.2 Å². The minimum atomic E-state index is 0.556. The summed E-state index contributed by atoms with van der Waals surface area (Å²) < 4.78 is 6.44. The van der Waals surface area contributed by atoms with Crippen molar-refractivity contribution < 1.29 is 4.74 Å². The van der Waals surface area contributed by atoms with E-state index in [0.29, 0.717) is 25.0 Å². The highest BCUT2D eigenvalue weighted by molar-refractivity contribution is 5.69. The molecule has 6 rings (SSSR count). The lowest BCUT2D eigenvalue weighted by Crippen LogP contribution is -2.26. The van der Waals surface area contributed by atoms with E-state index in [1.165, 1.54) is 151 Å². The number of hydrogen-bond donors (Lipinski definition) is 0. The van der Waals surface area contributed by atoms with Gasteiger partial charge in [0.05, 0.1) is 36.5 Å². The minimum absolute atomic E-state index is 0.556. The monoisotopic (exact) mass is 713 g/mol. The van der Waals surface area contributed by atoms with E-state index in [0.717, 1.165) is 46.6 Å². The molecule has 0 aliphatic heterocycles. The van der Waals surface area contributed by atoms with Gasteiger partial charge in [-0.2, -0.15) is 10.5 Å².